The molecule has 162 valence electrons. The molecule has 3 rings (SSSR count). The Bertz CT molecular complexity index is 994. The van der Waals surface area contributed by atoms with E-state index in [1.165, 1.54) is 0 Å². The summed E-state index contributed by atoms with van der Waals surface area (Å²) in [5.74, 6) is 1.60. The average molecular weight is 450 g/mol. The Morgan fingerprint density at radius 3 is 2.30 bits per heavy atom. The number of sulfonamides is 1. The van der Waals surface area contributed by atoms with Crippen molar-refractivity contribution < 1.29 is 17.9 Å². The first-order chi connectivity index (χ1) is 14.3. The van der Waals surface area contributed by atoms with Gasteiger partial charge in [0.1, 0.15) is 0 Å². The highest BCUT2D eigenvalue weighted by Gasteiger charge is 2.28. The molecule has 1 fully saturated rings. The molecule has 0 radical (unpaired) electrons. The van der Waals surface area contributed by atoms with Crippen molar-refractivity contribution in [3.8, 4) is 11.5 Å². The summed E-state index contributed by atoms with van der Waals surface area (Å²) in [5, 5.41) is 6.52. The number of ether oxygens (including phenoxy) is 2. The molecule has 2 aromatic rings. The van der Waals surface area contributed by atoms with Crippen molar-refractivity contribution >= 4 is 38.7 Å². The lowest BCUT2D eigenvalue weighted by Crippen LogP contribution is -2.39. The molecule has 1 unspecified atom stereocenters. The van der Waals surface area contributed by atoms with Crippen LogP contribution >= 0.6 is 12.2 Å². The van der Waals surface area contributed by atoms with E-state index in [2.05, 4.69) is 17.6 Å². The Hall–Kier alpha value is -2.36. The van der Waals surface area contributed by atoms with Crippen molar-refractivity contribution in [2.75, 3.05) is 37.9 Å². The monoisotopic (exact) mass is 449 g/mol. The number of methoxy groups -OCH3 is 2. The minimum Gasteiger partial charge on any atom is -0.493 e. The largest absolute Gasteiger partial charge is 0.493 e. The molecule has 1 saturated heterocycles. The van der Waals surface area contributed by atoms with Crippen LogP contribution < -0.4 is 20.1 Å². The molecule has 2 N–H and O–H groups in total. The maximum atomic E-state index is 12.9. The highest BCUT2D eigenvalue weighted by molar-refractivity contribution is 7.89. The third-order valence-corrected chi connectivity index (χ3v) is 7.09. The minimum absolute atomic E-state index is 0.293. The zero-order valence-corrected chi connectivity index (χ0v) is 19.0. The Kier molecular flexibility index (Phi) is 7.17. The standard InChI is InChI=1S/C21H27N3O4S2/c1-15-5-4-12-24(14-15)30(25,26)18-9-6-16(7-10-18)22-21(29)23-17-8-11-19(27-2)20(13-17)28-3/h6-11,13,15H,4-5,12,14H2,1-3H3,(H2,22,23,29). The summed E-state index contributed by atoms with van der Waals surface area (Å²) in [6, 6.07) is 12.0. The van der Waals surface area contributed by atoms with Crippen molar-refractivity contribution in [3.05, 3.63) is 42.5 Å². The second kappa shape index (κ2) is 9.63. The van der Waals surface area contributed by atoms with Crippen LogP contribution in [0.4, 0.5) is 11.4 Å². The predicted molar refractivity (Wildman–Crippen MR) is 123 cm³/mol. The van der Waals surface area contributed by atoms with Gasteiger partial charge in [0, 0.05) is 30.5 Å². The molecule has 0 spiro atoms. The molecule has 1 aliphatic heterocycles. The SMILES string of the molecule is COc1ccc(NC(=S)Nc2ccc(S(=O)(=O)N3CCCC(C)C3)cc2)cc1OC. The fourth-order valence-electron chi connectivity index (χ4n) is 3.43. The van der Waals surface area contributed by atoms with Gasteiger partial charge < -0.3 is 20.1 Å². The highest BCUT2D eigenvalue weighted by atomic mass is 32.2. The molecule has 1 heterocycles. The van der Waals surface area contributed by atoms with Gasteiger partial charge in [-0.05, 0) is 67.4 Å². The second-order valence-corrected chi connectivity index (χ2v) is 9.63. The highest BCUT2D eigenvalue weighted by Crippen LogP contribution is 2.30. The molecular weight excluding hydrogens is 422 g/mol. The van der Waals surface area contributed by atoms with Gasteiger partial charge in [-0.1, -0.05) is 6.92 Å². The lowest BCUT2D eigenvalue weighted by atomic mass is 10.0. The summed E-state index contributed by atoms with van der Waals surface area (Å²) in [7, 11) is -0.328. The number of benzene rings is 2. The maximum Gasteiger partial charge on any atom is 0.243 e. The summed E-state index contributed by atoms with van der Waals surface area (Å²) in [4.78, 5) is 0.293. The third kappa shape index (κ3) is 5.21. The van der Waals surface area contributed by atoms with E-state index in [9.17, 15) is 8.42 Å². The lowest BCUT2D eigenvalue weighted by molar-refractivity contribution is 0.281. The van der Waals surface area contributed by atoms with Gasteiger partial charge in [-0.25, -0.2) is 8.42 Å². The van der Waals surface area contributed by atoms with Crippen molar-refractivity contribution in [2.24, 2.45) is 5.92 Å². The number of hydrogen-bond donors (Lipinski definition) is 2. The first-order valence-electron chi connectivity index (χ1n) is 9.73. The van der Waals surface area contributed by atoms with Gasteiger partial charge in [0.25, 0.3) is 0 Å². The summed E-state index contributed by atoms with van der Waals surface area (Å²) < 4.78 is 37.8. The maximum absolute atomic E-state index is 12.9. The molecule has 0 bridgehead atoms. The fraction of sp³-hybridized carbons (Fsp3) is 0.381. The molecule has 30 heavy (non-hydrogen) atoms. The quantitative estimate of drug-likeness (QED) is 0.647. The van der Waals surface area contributed by atoms with Crippen molar-refractivity contribution in [2.45, 2.75) is 24.7 Å². The topological polar surface area (TPSA) is 79.9 Å². The van der Waals surface area contributed by atoms with E-state index in [0.717, 1.165) is 18.5 Å². The first kappa shape index (κ1) is 22.3. The van der Waals surface area contributed by atoms with Crippen molar-refractivity contribution in [3.63, 3.8) is 0 Å². The summed E-state index contributed by atoms with van der Waals surface area (Å²) in [5.41, 5.74) is 1.43. The molecule has 9 heteroatoms. The third-order valence-electron chi connectivity index (χ3n) is 5.01. The van der Waals surface area contributed by atoms with E-state index >= 15 is 0 Å². The number of rotatable bonds is 6. The molecule has 1 atom stereocenters. The first-order valence-corrected chi connectivity index (χ1v) is 11.6. The van der Waals surface area contributed by atoms with Crippen LogP contribution in [0, 0.1) is 5.92 Å². The van der Waals surface area contributed by atoms with Crippen molar-refractivity contribution in [1.29, 1.82) is 0 Å². The van der Waals surface area contributed by atoms with E-state index < -0.39 is 10.0 Å². The van der Waals surface area contributed by atoms with Crippen LogP contribution in [0.2, 0.25) is 0 Å². The summed E-state index contributed by atoms with van der Waals surface area (Å²) in [6.07, 6.45) is 1.97. The predicted octanol–water partition coefficient (Wildman–Crippen LogP) is 3.93. The van der Waals surface area contributed by atoms with Gasteiger partial charge in [-0.15, -0.1) is 0 Å². The Morgan fingerprint density at radius 2 is 1.67 bits per heavy atom. The van der Waals surface area contributed by atoms with E-state index in [1.807, 2.05) is 6.07 Å². The van der Waals surface area contributed by atoms with Gasteiger partial charge in [0.2, 0.25) is 10.0 Å². The van der Waals surface area contributed by atoms with Crippen molar-refractivity contribution in [1.82, 2.24) is 4.31 Å². The normalized spacial score (nSPS) is 17.2. The summed E-state index contributed by atoms with van der Waals surface area (Å²) >= 11 is 5.36. The van der Waals surface area contributed by atoms with E-state index in [-0.39, 0.29) is 0 Å². The number of piperidine rings is 1. The van der Waals surface area contributed by atoms with E-state index in [1.54, 1.807) is 54.9 Å². The Balaban J connectivity index is 1.64. The van der Waals surface area contributed by atoms with Crippen LogP contribution in [-0.4, -0.2) is 45.1 Å². The Labute approximate surface area is 183 Å². The van der Waals surface area contributed by atoms with Crippen LogP contribution in [0.3, 0.4) is 0 Å². The van der Waals surface area contributed by atoms with Crippen LogP contribution in [0.5, 0.6) is 11.5 Å². The summed E-state index contributed by atoms with van der Waals surface area (Å²) in [6.45, 7) is 3.23. The van der Waals surface area contributed by atoms with Gasteiger partial charge in [0.15, 0.2) is 16.6 Å². The zero-order valence-electron chi connectivity index (χ0n) is 17.3. The molecule has 0 saturated carbocycles. The van der Waals surface area contributed by atoms with E-state index in [4.69, 9.17) is 21.7 Å². The minimum atomic E-state index is -3.47. The number of nitrogens with one attached hydrogen (secondary N) is 2. The lowest BCUT2D eigenvalue weighted by Gasteiger charge is -2.30. The smallest absolute Gasteiger partial charge is 0.243 e. The van der Waals surface area contributed by atoms with Gasteiger partial charge in [-0.2, -0.15) is 4.31 Å². The van der Waals surface area contributed by atoms with Crippen LogP contribution in [0.15, 0.2) is 47.4 Å². The van der Waals surface area contributed by atoms with Gasteiger partial charge in [0.05, 0.1) is 19.1 Å². The molecule has 0 amide bonds. The van der Waals surface area contributed by atoms with Gasteiger partial charge in [-0.3, -0.25) is 0 Å². The fourth-order valence-corrected chi connectivity index (χ4v) is 5.27. The molecule has 0 aromatic heterocycles. The van der Waals surface area contributed by atoms with Crippen LogP contribution in [0.25, 0.3) is 0 Å². The number of anilines is 2. The number of thiocarbonyl (C=S) groups is 1. The average Bonchev–Trinajstić information content (AvgIpc) is 2.74. The van der Waals surface area contributed by atoms with E-state index in [0.29, 0.717) is 46.2 Å². The zero-order chi connectivity index (χ0) is 21.7. The number of hydrogen-bond acceptors (Lipinski definition) is 5. The second-order valence-electron chi connectivity index (χ2n) is 7.28. The molecule has 2 aromatic carbocycles. The molecule has 1 aliphatic rings. The molecular formula is C21H27N3O4S2. The molecule has 7 nitrogen and oxygen atoms in total. The number of nitrogens with zero attached hydrogens (tertiary/aromatic N) is 1. The molecule has 0 aliphatic carbocycles. The van der Waals surface area contributed by atoms with Crippen LogP contribution in [-0.2, 0) is 10.0 Å². The van der Waals surface area contributed by atoms with Crippen LogP contribution in [0.1, 0.15) is 19.8 Å². The van der Waals surface area contributed by atoms with Gasteiger partial charge >= 0.3 is 0 Å². The Morgan fingerprint density at radius 1 is 1.03 bits per heavy atom.